The Morgan fingerprint density at radius 3 is 1.69 bits per heavy atom. The third kappa shape index (κ3) is 24.7. The third-order valence-electron chi connectivity index (χ3n) is 5.36. The van der Waals surface area contributed by atoms with Crippen LogP contribution < -0.4 is 0 Å². The van der Waals surface area contributed by atoms with E-state index in [2.05, 4.69) is 62.5 Å². The highest BCUT2D eigenvalue weighted by Gasteiger charge is 2.15. The smallest absolute Gasteiger partial charge is 0.310 e. The highest BCUT2D eigenvalue weighted by atomic mass is 16.6. The normalized spacial score (nSPS) is 13.1. The molecule has 1 N–H and O–H groups in total. The van der Waals surface area contributed by atoms with Crippen molar-refractivity contribution in [2.24, 2.45) is 0 Å². The second-order valence-electron chi connectivity index (χ2n) is 8.76. The summed E-state index contributed by atoms with van der Waals surface area (Å²) in [7, 11) is 0. The summed E-state index contributed by atoms with van der Waals surface area (Å²) in [5.74, 6) is -0.755. The van der Waals surface area contributed by atoms with Crippen molar-refractivity contribution in [3.63, 3.8) is 0 Å². The molecule has 5 heteroatoms. The summed E-state index contributed by atoms with van der Waals surface area (Å²) < 4.78 is 10.4. The topological polar surface area (TPSA) is 72.8 Å². The van der Waals surface area contributed by atoms with Gasteiger partial charge in [-0.3, -0.25) is 9.59 Å². The lowest BCUT2D eigenvalue weighted by molar-refractivity contribution is -0.160. The van der Waals surface area contributed by atoms with Crippen molar-refractivity contribution in [2.75, 3.05) is 13.2 Å². The summed E-state index contributed by atoms with van der Waals surface area (Å²) >= 11 is 0. The van der Waals surface area contributed by atoms with E-state index in [0.717, 1.165) is 51.4 Å². The van der Waals surface area contributed by atoms with Crippen LogP contribution in [-0.4, -0.2) is 36.4 Å². The maximum atomic E-state index is 11.9. The Hall–Kier alpha value is -2.40. The van der Waals surface area contributed by atoms with Gasteiger partial charge in [0.05, 0.1) is 13.0 Å². The minimum Gasteiger partial charge on any atom is -0.462 e. The largest absolute Gasteiger partial charge is 0.462 e. The van der Waals surface area contributed by atoms with Gasteiger partial charge in [-0.1, -0.05) is 113 Å². The Morgan fingerprint density at radius 2 is 1.17 bits per heavy atom. The fraction of sp³-hybridized carbons (Fsp3) is 0.613. The number of rotatable bonds is 23. The number of hydrogen-bond donors (Lipinski definition) is 1. The number of carbonyl (C=O) groups excluding carboxylic acids is 2. The lowest BCUT2D eigenvalue weighted by Crippen LogP contribution is -2.28. The van der Waals surface area contributed by atoms with Gasteiger partial charge < -0.3 is 14.6 Å². The van der Waals surface area contributed by atoms with E-state index in [0.29, 0.717) is 6.42 Å². The molecule has 36 heavy (non-hydrogen) atoms. The van der Waals surface area contributed by atoms with Gasteiger partial charge in [-0.2, -0.15) is 0 Å². The first kappa shape index (κ1) is 33.6. The fourth-order valence-electron chi connectivity index (χ4n) is 3.27. The molecule has 0 heterocycles. The van der Waals surface area contributed by atoms with Gasteiger partial charge in [0.25, 0.3) is 0 Å². The van der Waals surface area contributed by atoms with E-state index in [1.807, 2.05) is 6.08 Å². The zero-order valence-corrected chi connectivity index (χ0v) is 22.7. The summed E-state index contributed by atoms with van der Waals surface area (Å²) in [5.41, 5.74) is 0. The van der Waals surface area contributed by atoms with Crippen LogP contribution in [-0.2, 0) is 19.1 Å². The molecule has 0 bridgehead atoms. The molecule has 1 atom stereocenters. The maximum absolute atomic E-state index is 11.9. The molecule has 0 amide bonds. The van der Waals surface area contributed by atoms with Crippen molar-refractivity contribution in [2.45, 2.75) is 110 Å². The number of ether oxygens (including phenoxy) is 2. The Kier molecular flexibility index (Phi) is 25.4. The lowest BCUT2D eigenvalue weighted by Gasteiger charge is -2.15. The van der Waals surface area contributed by atoms with Crippen LogP contribution in [0, 0.1) is 0 Å². The molecule has 0 aliphatic heterocycles. The van der Waals surface area contributed by atoms with Crippen molar-refractivity contribution in [3.05, 3.63) is 60.8 Å². The summed E-state index contributed by atoms with van der Waals surface area (Å²) in [6.07, 6.45) is 33.0. The zero-order valence-electron chi connectivity index (χ0n) is 22.7. The second kappa shape index (κ2) is 27.2. The maximum Gasteiger partial charge on any atom is 0.310 e. The van der Waals surface area contributed by atoms with E-state index in [9.17, 15) is 14.7 Å². The molecule has 1 unspecified atom stereocenters. The first-order chi connectivity index (χ1) is 17.6. The molecule has 5 nitrogen and oxygen atoms in total. The van der Waals surface area contributed by atoms with Gasteiger partial charge in [-0.25, -0.2) is 0 Å². The Morgan fingerprint density at radius 1 is 0.667 bits per heavy atom. The zero-order chi connectivity index (χ0) is 26.5. The molecule has 0 aromatic carbocycles. The molecule has 0 saturated carbocycles. The molecule has 0 fully saturated rings. The minimum absolute atomic E-state index is 0.108. The number of allylic oxidation sites excluding steroid dienone is 9. The Labute approximate surface area is 220 Å². The molecule has 204 valence electrons. The van der Waals surface area contributed by atoms with Crippen molar-refractivity contribution in [1.29, 1.82) is 0 Å². The SMILES string of the molecule is CC/C=C\C/C=C\C/C=C\C/C=C\C/C=C\CC(=O)OC(CO)COC(=O)CCCCCCCCC. The van der Waals surface area contributed by atoms with Crippen molar-refractivity contribution in [1.82, 2.24) is 0 Å². The first-order valence-electron chi connectivity index (χ1n) is 13.8. The average Bonchev–Trinajstić information content (AvgIpc) is 2.88. The predicted octanol–water partition coefficient (Wildman–Crippen LogP) is 7.72. The van der Waals surface area contributed by atoms with E-state index >= 15 is 0 Å². The van der Waals surface area contributed by atoms with Crippen LogP contribution in [0.2, 0.25) is 0 Å². The van der Waals surface area contributed by atoms with E-state index < -0.39 is 12.1 Å². The third-order valence-corrected chi connectivity index (χ3v) is 5.36. The number of unbranched alkanes of at least 4 members (excludes halogenated alkanes) is 6. The standard InChI is InChI=1S/C31H50O5/c1-3-5-7-9-11-12-13-14-15-16-17-18-20-22-24-26-31(34)36-29(27-32)28-35-30(33)25-23-21-19-10-8-6-4-2/h5,7,11-12,14-15,17-18,22,24,29,32H,3-4,6,8-10,13,16,19-21,23,25-28H2,1-2H3/b7-5-,12-11-,15-14-,18-17-,24-22-. The van der Waals surface area contributed by atoms with Crippen molar-refractivity contribution < 1.29 is 24.2 Å². The minimum atomic E-state index is -0.821. The van der Waals surface area contributed by atoms with E-state index in [1.165, 1.54) is 25.7 Å². The van der Waals surface area contributed by atoms with Crippen LogP contribution in [0.3, 0.4) is 0 Å². The van der Waals surface area contributed by atoms with Crippen LogP contribution in [0.4, 0.5) is 0 Å². The fourth-order valence-corrected chi connectivity index (χ4v) is 3.27. The molecular weight excluding hydrogens is 452 g/mol. The van der Waals surface area contributed by atoms with Crippen LogP contribution >= 0.6 is 0 Å². The van der Waals surface area contributed by atoms with Crippen LogP contribution in [0.5, 0.6) is 0 Å². The van der Waals surface area contributed by atoms with Crippen LogP contribution in [0.15, 0.2) is 60.8 Å². The number of hydrogen-bond acceptors (Lipinski definition) is 5. The van der Waals surface area contributed by atoms with Crippen LogP contribution in [0.25, 0.3) is 0 Å². The summed E-state index contributed by atoms with van der Waals surface area (Å²) in [5, 5.41) is 9.40. The molecule has 0 aliphatic rings. The molecule has 0 spiro atoms. The van der Waals surface area contributed by atoms with Crippen molar-refractivity contribution >= 4 is 11.9 Å². The molecule has 0 rings (SSSR count). The molecule has 0 radical (unpaired) electrons. The molecule has 0 aliphatic carbocycles. The van der Waals surface area contributed by atoms with Gasteiger partial charge in [-0.05, 0) is 38.5 Å². The van der Waals surface area contributed by atoms with Gasteiger partial charge in [-0.15, -0.1) is 0 Å². The quantitative estimate of drug-likeness (QED) is 0.0879. The van der Waals surface area contributed by atoms with E-state index in [4.69, 9.17) is 9.47 Å². The van der Waals surface area contributed by atoms with Gasteiger partial charge in [0.1, 0.15) is 6.61 Å². The monoisotopic (exact) mass is 502 g/mol. The number of esters is 2. The lowest BCUT2D eigenvalue weighted by atomic mass is 10.1. The predicted molar refractivity (Wildman–Crippen MR) is 150 cm³/mol. The highest BCUT2D eigenvalue weighted by molar-refractivity contribution is 5.71. The molecule has 0 saturated heterocycles. The summed E-state index contributed by atoms with van der Waals surface area (Å²) in [6, 6.07) is 0. The van der Waals surface area contributed by atoms with Gasteiger partial charge in [0, 0.05) is 6.42 Å². The molecule has 0 aromatic rings. The van der Waals surface area contributed by atoms with Gasteiger partial charge in [0.15, 0.2) is 6.10 Å². The average molecular weight is 503 g/mol. The first-order valence-corrected chi connectivity index (χ1v) is 13.8. The van der Waals surface area contributed by atoms with E-state index in [-0.39, 0.29) is 25.6 Å². The Balaban J connectivity index is 3.84. The van der Waals surface area contributed by atoms with Gasteiger partial charge >= 0.3 is 11.9 Å². The van der Waals surface area contributed by atoms with Crippen LogP contribution in [0.1, 0.15) is 104 Å². The number of aliphatic hydroxyl groups is 1. The van der Waals surface area contributed by atoms with Gasteiger partial charge in [0.2, 0.25) is 0 Å². The Bertz CT molecular complexity index is 672. The van der Waals surface area contributed by atoms with E-state index in [1.54, 1.807) is 6.08 Å². The molecular formula is C31H50O5. The second-order valence-corrected chi connectivity index (χ2v) is 8.76. The molecule has 0 aromatic heterocycles. The summed E-state index contributed by atoms with van der Waals surface area (Å²) in [4.78, 5) is 23.8. The van der Waals surface area contributed by atoms with Crippen molar-refractivity contribution in [3.8, 4) is 0 Å². The number of carbonyl (C=O) groups is 2. The highest BCUT2D eigenvalue weighted by Crippen LogP contribution is 2.09. The number of aliphatic hydroxyl groups excluding tert-OH is 1. The summed E-state index contributed by atoms with van der Waals surface area (Å²) in [6.45, 7) is 3.85.